The van der Waals surface area contributed by atoms with Crippen LogP contribution in [0.4, 0.5) is 5.82 Å². The highest BCUT2D eigenvalue weighted by Crippen LogP contribution is 2.47. The second kappa shape index (κ2) is 14.5. The molecule has 0 amide bonds. The van der Waals surface area contributed by atoms with Crippen LogP contribution in [0.5, 0.6) is 5.88 Å². The number of hydrogen-bond donors (Lipinski definition) is 2. The van der Waals surface area contributed by atoms with Gasteiger partial charge in [-0.15, -0.1) is 0 Å². The molecule has 0 fully saturated rings. The van der Waals surface area contributed by atoms with E-state index in [1.165, 1.54) is 6.20 Å². The number of carbonyl (C=O) groups is 1. The van der Waals surface area contributed by atoms with E-state index < -0.39 is 25.3 Å². The van der Waals surface area contributed by atoms with Crippen LogP contribution >= 0.6 is 7.75 Å². The first-order valence-corrected chi connectivity index (χ1v) is 16.5. The Labute approximate surface area is 258 Å². The van der Waals surface area contributed by atoms with Gasteiger partial charge in [-0.25, -0.2) is 19.5 Å². The van der Waals surface area contributed by atoms with E-state index in [9.17, 15) is 9.36 Å². The molecule has 0 aliphatic carbocycles. The van der Waals surface area contributed by atoms with Gasteiger partial charge in [0.1, 0.15) is 24.0 Å². The largest absolute Gasteiger partial charge is 0.462 e. The molecular formula is C31H43N6O6P. The van der Waals surface area contributed by atoms with Crippen LogP contribution in [0.3, 0.4) is 0 Å². The third kappa shape index (κ3) is 7.74. The van der Waals surface area contributed by atoms with Gasteiger partial charge in [0, 0.05) is 24.3 Å². The molecule has 3 atom stereocenters. The average Bonchev–Trinajstić information content (AvgIpc) is 3.39. The fourth-order valence-corrected chi connectivity index (χ4v) is 6.55. The van der Waals surface area contributed by atoms with E-state index in [-0.39, 0.29) is 25.2 Å². The maximum absolute atomic E-state index is 14.4. The number of imidazole rings is 1. The zero-order chi connectivity index (χ0) is 31.9. The summed E-state index contributed by atoms with van der Waals surface area (Å²) in [4.78, 5) is 26.3. The standard InChI is InChI=1S/C31H43N6O6P/c1-7-9-17-31(6,20-41-44(39,43-26-16-12-13-18-33-26)36-22(5)30(38)42-21(3)4)37-25(19-40-8-2)35-27-28(37)23-14-10-11-15-24(23)34-29(27)32/h10-16,18,21-22H,7-9,17,19-20H2,1-6H3,(H2,32,34)(H,36,39)/t22-,31+,44-/m0/s1. The molecule has 0 aliphatic heterocycles. The van der Waals surface area contributed by atoms with Gasteiger partial charge in [0.05, 0.1) is 29.3 Å². The molecule has 238 valence electrons. The molecular weight excluding hydrogens is 583 g/mol. The predicted octanol–water partition coefficient (Wildman–Crippen LogP) is 6.14. The zero-order valence-electron chi connectivity index (χ0n) is 26.3. The van der Waals surface area contributed by atoms with E-state index in [0.717, 1.165) is 29.3 Å². The number of unbranched alkanes of at least 4 members (excludes halogenated alkanes) is 1. The van der Waals surface area contributed by atoms with Crippen molar-refractivity contribution in [2.45, 2.75) is 85.1 Å². The topological polar surface area (TPSA) is 153 Å². The van der Waals surface area contributed by atoms with Crippen molar-refractivity contribution in [2.75, 3.05) is 18.9 Å². The molecule has 0 saturated heterocycles. The molecule has 44 heavy (non-hydrogen) atoms. The van der Waals surface area contributed by atoms with Gasteiger partial charge in [-0.1, -0.05) is 44.0 Å². The van der Waals surface area contributed by atoms with Crippen molar-refractivity contribution in [1.82, 2.24) is 24.6 Å². The van der Waals surface area contributed by atoms with E-state index in [4.69, 9.17) is 29.2 Å². The van der Waals surface area contributed by atoms with E-state index in [0.29, 0.717) is 30.2 Å². The predicted molar refractivity (Wildman–Crippen MR) is 170 cm³/mol. The van der Waals surface area contributed by atoms with Gasteiger partial charge in [0.2, 0.25) is 5.88 Å². The minimum Gasteiger partial charge on any atom is -0.462 e. The number of nitrogens with one attached hydrogen (secondary N) is 1. The van der Waals surface area contributed by atoms with Crippen molar-refractivity contribution < 1.29 is 27.9 Å². The Morgan fingerprint density at radius 3 is 2.55 bits per heavy atom. The molecule has 13 heteroatoms. The molecule has 0 saturated carbocycles. The highest BCUT2D eigenvalue weighted by molar-refractivity contribution is 7.52. The summed E-state index contributed by atoms with van der Waals surface area (Å²) >= 11 is 0. The van der Waals surface area contributed by atoms with Crippen LogP contribution in [0.25, 0.3) is 21.9 Å². The summed E-state index contributed by atoms with van der Waals surface area (Å²) in [6.45, 7) is 11.7. The highest BCUT2D eigenvalue weighted by Gasteiger charge is 2.39. The number of aromatic nitrogens is 4. The summed E-state index contributed by atoms with van der Waals surface area (Å²) in [5.41, 5.74) is 7.70. The zero-order valence-corrected chi connectivity index (χ0v) is 27.2. The lowest BCUT2D eigenvalue weighted by Crippen LogP contribution is -2.40. The van der Waals surface area contributed by atoms with Gasteiger partial charge in [0.15, 0.2) is 5.82 Å². The summed E-state index contributed by atoms with van der Waals surface area (Å²) in [5.74, 6) is 0.433. The third-order valence-corrected chi connectivity index (χ3v) is 8.69. The van der Waals surface area contributed by atoms with Crippen LogP contribution in [0.1, 0.15) is 66.6 Å². The maximum Gasteiger partial charge on any atom is 0.460 e. The number of nitrogens with zero attached hydrogens (tertiary/aromatic N) is 4. The number of fused-ring (bicyclic) bond motifs is 3. The number of nitrogens with two attached hydrogens (primary N) is 1. The molecule has 4 aromatic rings. The molecule has 0 aliphatic rings. The number of benzene rings is 1. The molecule has 4 rings (SSSR count). The number of anilines is 1. The molecule has 3 N–H and O–H groups in total. The number of carbonyl (C=O) groups excluding carboxylic acids is 1. The van der Waals surface area contributed by atoms with E-state index in [2.05, 4.69) is 26.5 Å². The lowest BCUT2D eigenvalue weighted by atomic mass is 9.94. The molecule has 0 radical (unpaired) electrons. The van der Waals surface area contributed by atoms with Gasteiger partial charge in [0.25, 0.3) is 0 Å². The Morgan fingerprint density at radius 1 is 1.11 bits per heavy atom. The SMILES string of the molecule is CCCC[C@](C)(CO[P@@](=O)(N[C@@H](C)C(=O)OC(C)C)Oc1ccccn1)n1c(COCC)nc2c(N)nc3ccccc3c21. The van der Waals surface area contributed by atoms with Gasteiger partial charge < -0.3 is 24.3 Å². The monoisotopic (exact) mass is 626 g/mol. The number of nitrogen functional groups attached to an aromatic ring is 1. The van der Waals surface area contributed by atoms with Crippen LogP contribution < -0.4 is 15.3 Å². The van der Waals surface area contributed by atoms with Crippen molar-refractivity contribution >= 4 is 41.5 Å². The molecule has 3 heterocycles. The Bertz CT molecular complexity index is 1610. The summed E-state index contributed by atoms with van der Waals surface area (Å²) in [7, 11) is -4.19. The normalized spacial score (nSPS) is 15.2. The summed E-state index contributed by atoms with van der Waals surface area (Å²) in [5, 5.41) is 3.63. The molecule has 0 unspecified atom stereocenters. The van der Waals surface area contributed by atoms with Gasteiger partial charge >= 0.3 is 13.7 Å². The summed E-state index contributed by atoms with van der Waals surface area (Å²) in [6, 6.07) is 11.7. The lowest BCUT2D eigenvalue weighted by molar-refractivity contribution is -0.149. The van der Waals surface area contributed by atoms with Crippen molar-refractivity contribution in [3.8, 4) is 5.88 Å². The van der Waals surface area contributed by atoms with Crippen LogP contribution in [0, 0.1) is 0 Å². The number of pyridine rings is 2. The third-order valence-electron chi connectivity index (χ3n) is 7.09. The van der Waals surface area contributed by atoms with Gasteiger partial charge in [-0.05, 0) is 53.2 Å². The maximum atomic E-state index is 14.4. The second-order valence-electron chi connectivity index (χ2n) is 11.2. The Kier molecular flexibility index (Phi) is 11.0. The highest BCUT2D eigenvalue weighted by atomic mass is 31.2. The van der Waals surface area contributed by atoms with Crippen molar-refractivity contribution in [1.29, 1.82) is 0 Å². The fourth-order valence-electron chi connectivity index (χ4n) is 4.99. The number of ether oxygens (including phenoxy) is 2. The smallest absolute Gasteiger partial charge is 0.460 e. The summed E-state index contributed by atoms with van der Waals surface area (Å²) in [6.07, 6.45) is 3.55. The fraction of sp³-hybridized carbons (Fsp3) is 0.484. The number of hydrogen-bond acceptors (Lipinski definition) is 10. The quantitative estimate of drug-likeness (QED) is 0.109. The van der Waals surface area contributed by atoms with E-state index in [1.54, 1.807) is 39.0 Å². The first-order valence-electron chi connectivity index (χ1n) is 15.0. The number of rotatable bonds is 16. The van der Waals surface area contributed by atoms with Gasteiger partial charge in [-0.2, -0.15) is 5.09 Å². The molecule has 12 nitrogen and oxygen atoms in total. The van der Waals surface area contributed by atoms with Crippen LogP contribution in [-0.4, -0.2) is 50.8 Å². The molecule has 0 spiro atoms. The molecule has 0 bridgehead atoms. The van der Waals surface area contributed by atoms with Gasteiger partial charge in [-0.3, -0.25) is 9.32 Å². The van der Waals surface area contributed by atoms with E-state index >= 15 is 0 Å². The number of para-hydroxylation sites is 1. The van der Waals surface area contributed by atoms with Crippen LogP contribution in [-0.2, 0) is 35.5 Å². The van der Waals surface area contributed by atoms with Crippen molar-refractivity contribution in [2.24, 2.45) is 0 Å². The molecule has 1 aromatic carbocycles. The average molecular weight is 627 g/mol. The number of esters is 1. The van der Waals surface area contributed by atoms with Crippen LogP contribution in [0.15, 0.2) is 48.7 Å². The Hall–Kier alpha value is -3.57. The van der Waals surface area contributed by atoms with Crippen molar-refractivity contribution in [3.05, 3.63) is 54.5 Å². The lowest BCUT2D eigenvalue weighted by Gasteiger charge is -2.35. The molecule has 3 aromatic heterocycles. The first kappa shape index (κ1) is 33.3. The first-order chi connectivity index (χ1) is 21.0. The van der Waals surface area contributed by atoms with Crippen molar-refractivity contribution in [3.63, 3.8) is 0 Å². The minimum atomic E-state index is -4.19. The second-order valence-corrected chi connectivity index (χ2v) is 12.9. The minimum absolute atomic E-state index is 0.0722. The van der Waals surface area contributed by atoms with E-state index in [1.807, 2.05) is 38.1 Å². The summed E-state index contributed by atoms with van der Waals surface area (Å²) < 4.78 is 39.7. The Morgan fingerprint density at radius 2 is 1.86 bits per heavy atom. The van der Waals surface area contributed by atoms with Crippen LogP contribution in [0.2, 0.25) is 0 Å². The Balaban J connectivity index is 1.81.